The fourth-order valence-electron chi connectivity index (χ4n) is 2.64. The van der Waals surface area contributed by atoms with Crippen molar-refractivity contribution in [3.63, 3.8) is 0 Å². The van der Waals surface area contributed by atoms with E-state index in [1.54, 1.807) is 0 Å². The van der Waals surface area contributed by atoms with Crippen LogP contribution in [0.1, 0.15) is 50.4 Å². The van der Waals surface area contributed by atoms with Crippen molar-refractivity contribution in [1.29, 1.82) is 0 Å². The van der Waals surface area contributed by atoms with Gasteiger partial charge in [0.25, 0.3) is 0 Å². The molecule has 2 unspecified atom stereocenters. The molecule has 3 rings (SSSR count). The molecular formula is C18H23N3O2. The normalized spacial score (nSPS) is 20.3. The molecule has 5 nitrogen and oxygen atoms in total. The first-order chi connectivity index (χ1) is 10.9. The first kappa shape index (κ1) is 15.7. The maximum atomic E-state index is 12.2. The molecule has 0 aliphatic heterocycles. The molecule has 1 aromatic carbocycles. The van der Waals surface area contributed by atoms with Gasteiger partial charge in [-0.25, -0.2) is 0 Å². The molecule has 2 atom stereocenters. The zero-order valence-corrected chi connectivity index (χ0v) is 13.9. The number of carbonyl (C=O) groups is 1. The third-order valence-electron chi connectivity index (χ3n) is 4.11. The molecule has 23 heavy (non-hydrogen) atoms. The van der Waals surface area contributed by atoms with Crippen LogP contribution in [0.3, 0.4) is 0 Å². The van der Waals surface area contributed by atoms with Crippen LogP contribution in [0.2, 0.25) is 0 Å². The van der Waals surface area contributed by atoms with E-state index in [9.17, 15) is 4.79 Å². The quantitative estimate of drug-likeness (QED) is 0.921. The van der Waals surface area contributed by atoms with Gasteiger partial charge < -0.3 is 9.84 Å². The molecule has 1 amide bonds. The van der Waals surface area contributed by atoms with Crippen LogP contribution < -0.4 is 5.32 Å². The lowest BCUT2D eigenvalue weighted by atomic mass is 9.97. The zero-order chi connectivity index (χ0) is 16.4. The predicted octanol–water partition coefficient (Wildman–Crippen LogP) is 2.83. The highest BCUT2D eigenvalue weighted by Crippen LogP contribution is 2.47. The molecule has 1 heterocycles. The zero-order valence-electron chi connectivity index (χ0n) is 13.9. The van der Waals surface area contributed by atoms with Gasteiger partial charge in [0.05, 0.1) is 0 Å². The molecule has 0 spiro atoms. The van der Waals surface area contributed by atoms with E-state index < -0.39 is 0 Å². The van der Waals surface area contributed by atoms with Crippen LogP contribution in [0.15, 0.2) is 34.9 Å². The minimum absolute atomic E-state index is 0.104. The van der Waals surface area contributed by atoms with Crippen LogP contribution >= 0.6 is 0 Å². The first-order valence-corrected chi connectivity index (χ1v) is 8.11. The van der Waals surface area contributed by atoms with E-state index in [1.165, 1.54) is 5.56 Å². The van der Waals surface area contributed by atoms with Crippen LogP contribution in [0.25, 0.3) is 0 Å². The Bertz CT molecular complexity index is 673. The van der Waals surface area contributed by atoms with Gasteiger partial charge in [0.2, 0.25) is 11.8 Å². The average Bonchev–Trinajstić information content (AvgIpc) is 3.18. The van der Waals surface area contributed by atoms with Crippen LogP contribution in [0.4, 0.5) is 0 Å². The fraction of sp³-hybridized carbons (Fsp3) is 0.500. The lowest BCUT2D eigenvalue weighted by molar-refractivity contribution is -0.122. The van der Waals surface area contributed by atoms with Crippen LogP contribution in [0, 0.1) is 5.92 Å². The topological polar surface area (TPSA) is 68.0 Å². The second-order valence-corrected chi connectivity index (χ2v) is 7.17. The molecule has 122 valence electrons. The van der Waals surface area contributed by atoms with E-state index >= 15 is 0 Å². The van der Waals surface area contributed by atoms with Gasteiger partial charge in [0, 0.05) is 24.3 Å². The van der Waals surface area contributed by atoms with Crippen LogP contribution in [-0.4, -0.2) is 22.6 Å². The summed E-state index contributed by atoms with van der Waals surface area (Å²) in [7, 11) is 0. The Morgan fingerprint density at radius 1 is 1.30 bits per heavy atom. The summed E-state index contributed by atoms with van der Waals surface area (Å²) in [5.41, 5.74) is 1.10. The maximum Gasteiger partial charge on any atom is 0.232 e. The van der Waals surface area contributed by atoms with Crippen molar-refractivity contribution < 1.29 is 9.32 Å². The van der Waals surface area contributed by atoms with Gasteiger partial charge in [-0.1, -0.05) is 56.3 Å². The molecule has 1 aliphatic carbocycles. The molecule has 1 saturated carbocycles. The van der Waals surface area contributed by atoms with Crippen molar-refractivity contribution >= 4 is 5.91 Å². The van der Waals surface area contributed by atoms with Crippen LogP contribution in [-0.2, 0) is 16.6 Å². The molecule has 1 N–H and O–H groups in total. The molecule has 1 aliphatic rings. The molecule has 5 heteroatoms. The van der Waals surface area contributed by atoms with Gasteiger partial charge in [-0.3, -0.25) is 4.79 Å². The summed E-state index contributed by atoms with van der Waals surface area (Å²) in [4.78, 5) is 16.5. The van der Waals surface area contributed by atoms with Gasteiger partial charge in [-0.05, 0) is 17.9 Å². The summed E-state index contributed by atoms with van der Waals surface area (Å²) >= 11 is 0. The average molecular weight is 313 g/mol. The van der Waals surface area contributed by atoms with Gasteiger partial charge in [-0.2, -0.15) is 4.98 Å². The standard InChI is InChI=1S/C18H23N3O2/c1-18(2,3)17-20-15(21-23-17)9-10-19-16(22)14-11-13(14)12-7-5-4-6-8-12/h4-8,13-14H,9-11H2,1-3H3,(H,19,22). The second-order valence-electron chi connectivity index (χ2n) is 7.17. The smallest absolute Gasteiger partial charge is 0.232 e. The van der Waals surface area contributed by atoms with Gasteiger partial charge in [0.15, 0.2) is 5.82 Å². The van der Waals surface area contributed by atoms with E-state index in [4.69, 9.17) is 4.52 Å². The Morgan fingerprint density at radius 3 is 2.70 bits per heavy atom. The third-order valence-corrected chi connectivity index (χ3v) is 4.11. The molecule has 1 fully saturated rings. The number of rotatable bonds is 5. The van der Waals surface area contributed by atoms with Gasteiger partial charge >= 0.3 is 0 Å². The van der Waals surface area contributed by atoms with Crippen molar-refractivity contribution in [2.24, 2.45) is 5.92 Å². The van der Waals surface area contributed by atoms with Crippen molar-refractivity contribution in [2.75, 3.05) is 6.54 Å². The highest BCUT2D eigenvalue weighted by atomic mass is 16.5. The molecular weight excluding hydrogens is 290 g/mol. The minimum Gasteiger partial charge on any atom is -0.355 e. The maximum absolute atomic E-state index is 12.2. The number of hydrogen-bond acceptors (Lipinski definition) is 4. The van der Waals surface area contributed by atoms with E-state index in [-0.39, 0.29) is 17.2 Å². The Balaban J connectivity index is 1.45. The van der Waals surface area contributed by atoms with Crippen molar-refractivity contribution in [3.8, 4) is 0 Å². The van der Waals surface area contributed by atoms with E-state index in [0.29, 0.717) is 30.6 Å². The number of benzene rings is 1. The van der Waals surface area contributed by atoms with Crippen LogP contribution in [0.5, 0.6) is 0 Å². The van der Waals surface area contributed by atoms with Gasteiger partial charge in [0.1, 0.15) is 0 Å². The van der Waals surface area contributed by atoms with Crippen molar-refractivity contribution in [1.82, 2.24) is 15.5 Å². The lowest BCUT2D eigenvalue weighted by Crippen LogP contribution is -2.27. The Morgan fingerprint density at radius 2 is 2.04 bits per heavy atom. The number of nitrogens with zero attached hydrogens (tertiary/aromatic N) is 2. The number of hydrogen-bond donors (Lipinski definition) is 1. The predicted molar refractivity (Wildman–Crippen MR) is 87.0 cm³/mol. The minimum atomic E-state index is -0.147. The summed E-state index contributed by atoms with van der Waals surface area (Å²) in [6.45, 7) is 6.63. The van der Waals surface area contributed by atoms with E-state index in [1.807, 2.05) is 39.0 Å². The van der Waals surface area contributed by atoms with E-state index in [0.717, 1.165) is 6.42 Å². The summed E-state index contributed by atoms with van der Waals surface area (Å²) in [5.74, 6) is 1.87. The first-order valence-electron chi connectivity index (χ1n) is 8.11. The monoisotopic (exact) mass is 313 g/mol. The lowest BCUT2D eigenvalue weighted by Gasteiger charge is -2.10. The van der Waals surface area contributed by atoms with E-state index in [2.05, 4.69) is 27.6 Å². The third kappa shape index (κ3) is 3.78. The second kappa shape index (κ2) is 6.14. The highest BCUT2D eigenvalue weighted by molar-refractivity contribution is 5.82. The highest BCUT2D eigenvalue weighted by Gasteiger charge is 2.43. The summed E-state index contributed by atoms with van der Waals surface area (Å²) < 4.78 is 5.25. The largest absolute Gasteiger partial charge is 0.355 e. The molecule has 0 bridgehead atoms. The summed E-state index contributed by atoms with van der Waals surface area (Å²) in [6, 6.07) is 10.2. The Labute approximate surface area is 136 Å². The molecule has 0 saturated heterocycles. The number of carbonyl (C=O) groups excluding carboxylic acids is 1. The summed E-state index contributed by atoms with van der Waals surface area (Å²) in [5, 5.41) is 6.95. The summed E-state index contributed by atoms with van der Waals surface area (Å²) in [6.07, 6.45) is 1.53. The molecule has 0 radical (unpaired) electrons. The van der Waals surface area contributed by atoms with Gasteiger partial charge in [-0.15, -0.1) is 0 Å². The molecule has 1 aromatic heterocycles. The fourth-order valence-corrected chi connectivity index (χ4v) is 2.64. The number of amides is 1. The van der Waals surface area contributed by atoms with Crippen molar-refractivity contribution in [3.05, 3.63) is 47.6 Å². The molecule has 2 aromatic rings. The number of nitrogens with one attached hydrogen (secondary N) is 1. The Hall–Kier alpha value is -2.17. The van der Waals surface area contributed by atoms with Crippen molar-refractivity contribution in [2.45, 2.75) is 44.9 Å². The Kier molecular flexibility index (Phi) is 4.20. The SMILES string of the molecule is CC(C)(C)c1nc(CCNC(=O)C2CC2c2ccccc2)no1. The number of aromatic nitrogens is 2.